The molecule has 1 aromatic rings. The fraction of sp³-hybridized carbons (Fsp3) is 0.714. The molecular weight excluding hydrogens is 288 g/mol. The summed E-state index contributed by atoms with van der Waals surface area (Å²) in [5.74, 6) is 1.57. The minimum Gasteiger partial charge on any atom is -0.481 e. The van der Waals surface area contributed by atoms with Gasteiger partial charge in [-0.15, -0.1) is 0 Å². The Balaban J connectivity index is 2.13. The lowest BCUT2D eigenvalue weighted by molar-refractivity contribution is 0.347. The zero-order valence-electron chi connectivity index (χ0n) is 12.5. The molecule has 1 saturated carbocycles. The quantitative estimate of drug-likeness (QED) is 0.473. The molecule has 0 aliphatic heterocycles. The molecule has 1 unspecified atom stereocenters. The van der Waals surface area contributed by atoms with Gasteiger partial charge in [0.2, 0.25) is 11.8 Å². The van der Waals surface area contributed by atoms with E-state index < -0.39 is 0 Å². The largest absolute Gasteiger partial charge is 0.481 e. The number of aromatic nitrogens is 2. The number of methoxy groups -OCH3 is 2. The van der Waals surface area contributed by atoms with Crippen LogP contribution in [0.1, 0.15) is 32.1 Å². The van der Waals surface area contributed by atoms with E-state index in [1.54, 1.807) is 32.0 Å². The SMILES string of the molecule is COc1cc(OC)nc(SC(CN=N)C2CCCCC2)n1. The van der Waals surface area contributed by atoms with Gasteiger partial charge in [0.05, 0.1) is 26.8 Å². The Labute approximate surface area is 129 Å². The van der Waals surface area contributed by atoms with Gasteiger partial charge in [0.15, 0.2) is 5.16 Å². The van der Waals surface area contributed by atoms with Gasteiger partial charge in [0, 0.05) is 5.25 Å². The van der Waals surface area contributed by atoms with Crippen LogP contribution in [0.3, 0.4) is 0 Å². The van der Waals surface area contributed by atoms with Gasteiger partial charge in [-0.2, -0.15) is 15.1 Å². The lowest BCUT2D eigenvalue weighted by atomic mass is 9.87. The van der Waals surface area contributed by atoms with Crippen molar-refractivity contribution in [1.82, 2.24) is 9.97 Å². The number of nitrogens with one attached hydrogen (secondary N) is 1. The molecule has 0 amide bonds. The monoisotopic (exact) mass is 310 g/mol. The third kappa shape index (κ3) is 4.56. The van der Waals surface area contributed by atoms with Crippen LogP contribution in [0.25, 0.3) is 0 Å². The molecule has 7 heteroatoms. The van der Waals surface area contributed by atoms with Gasteiger partial charge < -0.3 is 9.47 Å². The van der Waals surface area contributed by atoms with Crippen LogP contribution in [0.5, 0.6) is 11.8 Å². The molecule has 0 radical (unpaired) electrons. The minimum atomic E-state index is 0.250. The normalized spacial score (nSPS) is 17.2. The standard InChI is InChI=1S/C14H22N4O2S/c1-19-12-8-13(20-2)18-14(17-12)21-11(9-16-15)10-6-4-3-5-7-10/h8,10-11,15H,3-7,9H2,1-2H3. The summed E-state index contributed by atoms with van der Waals surface area (Å²) in [4.78, 5) is 8.73. The number of thioether (sulfide) groups is 1. The Morgan fingerprint density at radius 3 is 2.38 bits per heavy atom. The van der Waals surface area contributed by atoms with Crippen molar-refractivity contribution in [2.24, 2.45) is 11.0 Å². The fourth-order valence-corrected chi connectivity index (χ4v) is 3.83. The van der Waals surface area contributed by atoms with Crippen molar-refractivity contribution in [3.63, 3.8) is 0 Å². The van der Waals surface area contributed by atoms with E-state index in [0.29, 0.717) is 29.4 Å². The highest BCUT2D eigenvalue weighted by molar-refractivity contribution is 7.99. The summed E-state index contributed by atoms with van der Waals surface area (Å²) >= 11 is 1.58. The molecule has 2 rings (SSSR count). The average Bonchev–Trinajstić information content (AvgIpc) is 2.55. The van der Waals surface area contributed by atoms with Crippen molar-refractivity contribution in [2.75, 3.05) is 20.8 Å². The molecule has 1 aliphatic rings. The second kappa shape index (κ2) is 8.17. The Hall–Kier alpha value is -1.37. The van der Waals surface area contributed by atoms with Gasteiger partial charge in [0.1, 0.15) is 0 Å². The Bertz CT molecular complexity index is 444. The van der Waals surface area contributed by atoms with Gasteiger partial charge in [-0.1, -0.05) is 31.0 Å². The lowest BCUT2D eigenvalue weighted by Gasteiger charge is -2.28. The number of hydrogen-bond acceptors (Lipinski definition) is 7. The van der Waals surface area contributed by atoms with E-state index in [0.717, 1.165) is 0 Å². The molecule has 6 nitrogen and oxygen atoms in total. The molecule has 1 aromatic heterocycles. The molecule has 0 spiro atoms. The summed E-state index contributed by atoms with van der Waals surface area (Å²) in [7, 11) is 3.15. The van der Waals surface area contributed by atoms with Crippen LogP contribution in [-0.2, 0) is 0 Å². The summed E-state index contributed by atoms with van der Waals surface area (Å²) in [6.07, 6.45) is 6.25. The van der Waals surface area contributed by atoms with Crippen LogP contribution in [0.15, 0.2) is 16.3 Å². The first-order chi connectivity index (χ1) is 10.3. The van der Waals surface area contributed by atoms with E-state index in [9.17, 15) is 0 Å². The molecule has 0 saturated heterocycles. The molecule has 1 aliphatic carbocycles. The predicted octanol–water partition coefficient (Wildman–Crippen LogP) is 3.57. The van der Waals surface area contributed by atoms with E-state index >= 15 is 0 Å². The molecule has 1 heterocycles. The first-order valence-electron chi connectivity index (χ1n) is 7.23. The smallest absolute Gasteiger partial charge is 0.220 e. The van der Waals surface area contributed by atoms with Gasteiger partial charge in [-0.25, -0.2) is 5.53 Å². The van der Waals surface area contributed by atoms with Crippen molar-refractivity contribution in [3.8, 4) is 11.8 Å². The lowest BCUT2D eigenvalue weighted by Crippen LogP contribution is -2.23. The molecule has 116 valence electrons. The first kappa shape index (κ1) is 16.0. The fourth-order valence-electron chi connectivity index (χ4n) is 2.66. The second-order valence-corrected chi connectivity index (χ2v) is 6.34. The van der Waals surface area contributed by atoms with Gasteiger partial charge in [-0.05, 0) is 18.8 Å². The van der Waals surface area contributed by atoms with Crippen LogP contribution >= 0.6 is 11.8 Å². The molecular formula is C14H22N4O2S. The summed E-state index contributed by atoms with van der Waals surface area (Å²) in [5.41, 5.74) is 7.20. The van der Waals surface area contributed by atoms with Crippen molar-refractivity contribution in [1.29, 1.82) is 5.53 Å². The van der Waals surface area contributed by atoms with Crippen molar-refractivity contribution in [2.45, 2.75) is 42.5 Å². The predicted molar refractivity (Wildman–Crippen MR) is 81.4 cm³/mol. The molecule has 1 N–H and O–H groups in total. The van der Waals surface area contributed by atoms with E-state index in [-0.39, 0.29) is 5.25 Å². The third-order valence-electron chi connectivity index (χ3n) is 3.78. The number of ether oxygens (including phenoxy) is 2. The highest BCUT2D eigenvalue weighted by Gasteiger charge is 2.26. The van der Waals surface area contributed by atoms with Crippen LogP contribution in [0, 0.1) is 11.4 Å². The highest BCUT2D eigenvalue weighted by Crippen LogP contribution is 2.36. The van der Waals surface area contributed by atoms with Gasteiger partial charge in [-0.3, -0.25) is 0 Å². The summed E-state index contributed by atoms with van der Waals surface area (Å²) in [6.45, 7) is 0.512. The van der Waals surface area contributed by atoms with Crippen LogP contribution in [-0.4, -0.2) is 36.0 Å². The molecule has 0 aromatic carbocycles. The van der Waals surface area contributed by atoms with Gasteiger partial charge >= 0.3 is 0 Å². The van der Waals surface area contributed by atoms with Crippen LogP contribution in [0.4, 0.5) is 0 Å². The van der Waals surface area contributed by atoms with E-state index in [4.69, 9.17) is 15.0 Å². The van der Waals surface area contributed by atoms with Crippen LogP contribution in [0.2, 0.25) is 0 Å². The number of nitrogens with zero attached hydrogens (tertiary/aromatic N) is 3. The molecule has 1 fully saturated rings. The third-order valence-corrected chi connectivity index (χ3v) is 5.01. The van der Waals surface area contributed by atoms with E-state index in [2.05, 4.69) is 15.1 Å². The summed E-state index contributed by atoms with van der Waals surface area (Å²) in [5, 5.41) is 4.48. The van der Waals surface area contributed by atoms with Crippen molar-refractivity contribution in [3.05, 3.63) is 6.07 Å². The maximum Gasteiger partial charge on any atom is 0.220 e. The maximum absolute atomic E-state index is 7.20. The maximum atomic E-state index is 7.20. The summed E-state index contributed by atoms with van der Waals surface area (Å²) < 4.78 is 10.4. The van der Waals surface area contributed by atoms with Crippen molar-refractivity contribution >= 4 is 11.8 Å². The molecule has 21 heavy (non-hydrogen) atoms. The highest BCUT2D eigenvalue weighted by atomic mass is 32.2. The van der Waals surface area contributed by atoms with E-state index in [1.807, 2.05) is 0 Å². The van der Waals surface area contributed by atoms with Crippen LogP contribution < -0.4 is 9.47 Å². The topological polar surface area (TPSA) is 80.5 Å². The average molecular weight is 310 g/mol. The first-order valence-corrected chi connectivity index (χ1v) is 8.11. The van der Waals surface area contributed by atoms with Crippen molar-refractivity contribution < 1.29 is 9.47 Å². The second-order valence-electron chi connectivity index (χ2n) is 5.13. The molecule has 1 atom stereocenters. The number of hydrogen-bond donors (Lipinski definition) is 1. The Morgan fingerprint density at radius 1 is 1.24 bits per heavy atom. The summed E-state index contributed by atoms with van der Waals surface area (Å²) in [6, 6.07) is 1.66. The van der Waals surface area contributed by atoms with Gasteiger partial charge in [0.25, 0.3) is 0 Å². The van der Waals surface area contributed by atoms with E-state index in [1.165, 1.54) is 32.1 Å². The zero-order chi connectivity index (χ0) is 15.1. The zero-order valence-corrected chi connectivity index (χ0v) is 13.4. The minimum absolute atomic E-state index is 0.250. The molecule has 0 bridgehead atoms. The number of rotatable bonds is 7. The Morgan fingerprint density at radius 2 is 1.86 bits per heavy atom. The Kier molecular flexibility index (Phi) is 6.22.